The molecule has 1 saturated carbocycles. The SMILES string of the molecule is C[C@@H](Sc1nnc(COc2ccc(Cl)cc2)n1C)C(=O)N[C@H]1CCCC[C@@H]1C. The van der Waals surface area contributed by atoms with Crippen molar-refractivity contribution in [3.05, 3.63) is 35.1 Å². The molecule has 0 saturated heterocycles. The summed E-state index contributed by atoms with van der Waals surface area (Å²) < 4.78 is 7.60. The first-order chi connectivity index (χ1) is 13.4. The van der Waals surface area contributed by atoms with Gasteiger partial charge in [0.25, 0.3) is 0 Å². The number of rotatable bonds is 7. The lowest BCUT2D eigenvalue weighted by Crippen LogP contribution is -2.44. The summed E-state index contributed by atoms with van der Waals surface area (Å²) in [6, 6.07) is 7.47. The molecule has 1 heterocycles. The van der Waals surface area contributed by atoms with Crippen molar-refractivity contribution in [3.63, 3.8) is 0 Å². The summed E-state index contributed by atoms with van der Waals surface area (Å²) in [7, 11) is 1.89. The van der Waals surface area contributed by atoms with Crippen LogP contribution >= 0.6 is 23.4 Å². The third kappa shape index (κ3) is 5.41. The van der Waals surface area contributed by atoms with Gasteiger partial charge in [0.05, 0.1) is 5.25 Å². The molecule has 0 bridgehead atoms. The van der Waals surface area contributed by atoms with E-state index in [0.29, 0.717) is 28.5 Å². The molecule has 0 spiro atoms. The largest absolute Gasteiger partial charge is 0.486 e. The Morgan fingerprint density at radius 2 is 2.04 bits per heavy atom. The molecule has 28 heavy (non-hydrogen) atoms. The van der Waals surface area contributed by atoms with Crippen molar-refractivity contribution in [1.82, 2.24) is 20.1 Å². The number of halogens is 1. The Kier molecular flexibility index (Phi) is 7.24. The average Bonchev–Trinajstić information content (AvgIpc) is 3.03. The Hall–Kier alpha value is -1.73. The van der Waals surface area contributed by atoms with Crippen molar-refractivity contribution in [3.8, 4) is 5.75 Å². The molecule has 2 aromatic rings. The van der Waals surface area contributed by atoms with Gasteiger partial charge in [-0.05, 0) is 49.9 Å². The van der Waals surface area contributed by atoms with E-state index < -0.39 is 0 Å². The molecule has 8 heteroatoms. The van der Waals surface area contributed by atoms with Crippen molar-refractivity contribution in [2.45, 2.75) is 62.6 Å². The van der Waals surface area contributed by atoms with Crippen LogP contribution in [-0.4, -0.2) is 32.0 Å². The van der Waals surface area contributed by atoms with Crippen LogP contribution in [0.2, 0.25) is 5.02 Å². The smallest absolute Gasteiger partial charge is 0.233 e. The first-order valence-electron chi connectivity index (χ1n) is 9.67. The Balaban J connectivity index is 1.54. The molecule has 3 rings (SSSR count). The molecule has 1 aromatic carbocycles. The van der Waals surface area contributed by atoms with Crippen LogP contribution in [0.4, 0.5) is 0 Å². The van der Waals surface area contributed by atoms with Gasteiger partial charge in [-0.15, -0.1) is 10.2 Å². The number of hydrogen-bond acceptors (Lipinski definition) is 5. The molecule has 0 radical (unpaired) electrons. The molecule has 6 nitrogen and oxygen atoms in total. The van der Waals surface area contributed by atoms with Crippen LogP contribution in [0.15, 0.2) is 29.4 Å². The summed E-state index contributed by atoms with van der Waals surface area (Å²) in [4.78, 5) is 12.6. The van der Waals surface area contributed by atoms with Crippen LogP contribution in [0.3, 0.4) is 0 Å². The van der Waals surface area contributed by atoms with E-state index in [-0.39, 0.29) is 17.2 Å². The zero-order chi connectivity index (χ0) is 20.1. The zero-order valence-electron chi connectivity index (χ0n) is 16.5. The van der Waals surface area contributed by atoms with Crippen LogP contribution in [0.25, 0.3) is 0 Å². The van der Waals surface area contributed by atoms with Gasteiger partial charge in [0.1, 0.15) is 12.4 Å². The van der Waals surface area contributed by atoms with Gasteiger partial charge < -0.3 is 14.6 Å². The van der Waals surface area contributed by atoms with Crippen LogP contribution in [0.1, 0.15) is 45.4 Å². The van der Waals surface area contributed by atoms with Gasteiger partial charge in [0.2, 0.25) is 5.91 Å². The minimum Gasteiger partial charge on any atom is -0.486 e. The maximum atomic E-state index is 12.6. The standard InChI is InChI=1S/C20H27ClN4O2S/c1-13-6-4-5-7-17(13)22-19(26)14(2)28-20-24-23-18(25(20)3)12-27-16-10-8-15(21)9-11-16/h8-11,13-14,17H,4-7,12H2,1-3H3,(H,22,26)/t13-,14+,17-/m0/s1. The molecule has 1 aliphatic carbocycles. The number of carbonyl (C=O) groups is 1. The van der Waals surface area contributed by atoms with Gasteiger partial charge >= 0.3 is 0 Å². The minimum absolute atomic E-state index is 0.0608. The van der Waals surface area contributed by atoms with E-state index in [2.05, 4.69) is 22.4 Å². The summed E-state index contributed by atoms with van der Waals surface area (Å²) in [5, 5.41) is 12.8. The van der Waals surface area contributed by atoms with Crippen LogP contribution < -0.4 is 10.1 Å². The Labute approximate surface area is 175 Å². The fourth-order valence-electron chi connectivity index (χ4n) is 3.29. The monoisotopic (exact) mass is 422 g/mol. The molecular weight excluding hydrogens is 396 g/mol. The molecule has 0 aliphatic heterocycles. The van der Waals surface area contributed by atoms with Crippen molar-refractivity contribution in [1.29, 1.82) is 0 Å². The number of hydrogen-bond donors (Lipinski definition) is 1. The number of aromatic nitrogens is 3. The molecule has 1 aliphatic rings. The first kappa shape index (κ1) is 21.0. The Bertz CT molecular complexity index is 796. The van der Waals surface area contributed by atoms with Crippen LogP contribution in [0, 0.1) is 5.92 Å². The number of ether oxygens (including phenoxy) is 1. The number of thioether (sulfide) groups is 1. The van der Waals surface area contributed by atoms with Crippen molar-refractivity contribution in [2.24, 2.45) is 13.0 Å². The Morgan fingerprint density at radius 3 is 2.75 bits per heavy atom. The van der Waals surface area contributed by atoms with Gasteiger partial charge in [0, 0.05) is 18.1 Å². The second-order valence-electron chi connectivity index (χ2n) is 7.34. The first-order valence-corrected chi connectivity index (χ1v) is 10.9. The van der Waals surface area contributed by atoms with Crippen LogP contribution in [0.5, 0.6) is 5.75 Å². The fraction of sp³-hybridized carbons (Fsp3) is 0.550. The normalized spacial score (nSPS) is 20.6. The third-order valence-electron chi connectivity index (χ3n) is 5.20. The molecule has 1 amide bonds. The third-order valence-corrected chi connectivity index (χ3v) is 6.58. The predicted molar refractivity (Wildman–Crippen MR) is 112 cm³/mol. The van der Waals surface area contributed by atoms with E-state index >= 15 is 0 Å². The molecule has 1 aromatic heterocycles. The quantitative estimate of drug-likeness (QED) is 0.676. The van der Waals surface area contributed by atoms with Gasteiger partial charge in [0.15, 0.2) is 11.0 Å². The average molecular weight is 423 g/mol. The fourth-order valence-corrected chi connectivity index (χ4v) is 4.26. The van der Waals surface area contributed by atoms with Crippen molar-refractivity contribution in [2.75, 3.05) is 0 Å². The van der Waals surface area contributed by atoms with Gasteiger partial charge in [-0.1, -0.05) is 43.1 Å². The lowest BCUT2D eigenvalue weighted by molar-refractivity contribution is -0.121. The lowest BCUT2D eigenvalue weighted by atomic mass is 9.86. The molecule has 152 valence electrons. The Morgan fingerprint density at radius 1 is 1.32 bits per heavy atom. The molecular formula is C20H27ClN4O2S. The number of nitrogens with one attached hydrogen (secondary N) is 1. The summed E-state index contributed by atoms with van der Waals surface area (Å²) in [5.74, 6) is 2.02. The summed E-state index contributed by atoms with van der Waals surface area (Å²) >= 11 is 7.30. The summed E-state index contributed by atoms with van der Waals surface area (Å²) in [6.45, 7) is 4.43. The van der Waals surface area contributed by atoms with Crippen molar-refractivity contribution >= 4 is 29.3 Å². The minimum atomic E-state index is -0.234. The lowest BCUT2D eigenvalue weighted by Gasteiger charge is -2.30. The van der Waals surface area contributed by atoms with E-state index in [9.17, 15) is 4.79 Å². The number of nitrogens with zero attached hydrogens (tertiary/aromatic N) is 3. The van der Waals surface area contributed by atoms with Gasteiger partial charge in [-0.3, -0.25) is 4.79 Å². The van der Waals surface area contributed by atoms with E-state index in [1.165, 1.54) is 31.0 Å². The van der Waals surface area contributed by atoms with E-state index in [0.717, 1.165) is 12.2 Å². The zero-order valence-corrected chi connectivity index (χ0v) is 18.1. The number of benzene rings is 1. The highest BCUT2D eigenvalue weighted by molar-refractivity contribution is 8.00. The van der Waals surface area contributed by atoms with Gasteiger partial charge in [-0.25, -0.2) is 0 Å². The number of carbonyl (C=O) groups excluding carboxylic acids is 1. The second-order valence-corrected chi connectivity index (χ2v) is 9.08. The van der Waals surface area contributed by atoms with Gasteiger partial charge in [-0.2, -0.15) is 0 Å². The summed E-state index contributed by atoms with van der Waals surface area (Å²) in [5.41, 5.74) is 0. The highest BCUT2D eigenvalue weighted by Crippen LogP contribution is 2.26. The topological polar surface area (TPSA) is 69.0 Å². The predicted octanol–water partition coefficient (Wildman–Crippen LogP) is 4.22. The highest BCUT2D eigenvalue weighted by Gasteiger charge is 2.26. The summed E-state index contributed by atoms with van der Waals surface area (Å²) in [6.07, 6.45) is 4.71. The van der Waals surface area contributed by atoms with Crippen LogP contribution in [-0.2, 0) is 18.4 Å². The molecule has 1 fully saturated rings. The molecule has 3 atom stereocenters. The second kappa shape index (κ2) is 9.65. The molecule has 1 N–H and O–H groups in total. The van der Waals surface area contributed by atoms with Crippen molar-refractivity contribution < 1.29 is 9.53 Å². The van der Waals surface area contributed by atoms with E-state index in [4.69, 9.17) is 16.3 Å². The maximum Gasteiger partial charge on any atom is 0.233 e. The highest BCUT2D eigenvalue weighted by atomic mass is 35.5. The molecule has 0 unspecified atom stereocenters. The maximum absolute atomic E-state index is 12.6. The van der Waals surface area contributed by atoms with E-state index in [1.54, 1.807) is 12.1 Å². The number of amides is 1. The van der Waals surface area contributed by atoms with E-state index in [1.807, 2.05) is 30.7 Å².